The van der Waals surface area contributed by atoms with Crippen molar-refractivity contribution in [2.24, 2.45) is 5.92 Å². The molecular weight excluding hydrogens is 206 g/mol. The van der Waals surface area contributed by atoms with Crippen molar-refractivity contribution in [3.05, 3.63) is 0 Å². The molecule has 0 saturated carbocycles. The van der Waals surface area contributed by atoms with Crippen LogP contribution in [0.3, 0.4) is 0 Å². The molecule has 94 valence electrons. The topological polar surface area (TPSA) is 60.8 Å². The van der Waals surface area contributed by atoms with Crippen LogP contribution in [0.4, 0.5) is 0 Å². The van der Waals surface area contributed by atoms with Crippen molar-refractivity contribution in [2.75, 3.05) is 26.2 Å². The van der Waals surface area contributed by atoms with Gasteiger partial charge in [0.15, 0.2) is 0 Å². The van der Waals surface area contributed by atoms with Crippen molar-refractivity contribution in [3.63, 3.8) is 0 Å². The first-order valence-electron chi connectivity index (χ1n) is 6.27. The van der Waals surface area contributed by atoms with Crippen LogP contribution in [0.25, 0.3) is 0 Å². The average Bonchev–Trinajstić information content (AvgIpc) is 2.24. The Balaban J connectivity index is 2.14. The van der Waals surface area contributed by atoms with Crippen molar-refractivity contribution in [1.29, 1.82) is 0 Å². The van der Waals surface area contributed by atoms with Gasteiger partial charge in [0, 0.05) is 19.6 Å². The summed E-state index contributed by atoms with van der Waals surface area (Å²) in [6, 6.07) is 0. The second kappa shape index (κ2) is 7.63. The summed E-state index contributed by atoms with van der Waals surface area (Å²) in [5.74, 6) is -0.337. The van der Waals surface area contributed by atoms with Gasteiger partial charge in [-0.1, -0.05) is 0 Å². The molecule has 0 aromatic heterocycles. The van der Waals surface area contributed by atoms with E-state index in [1.807, 2.05) is 0 Å². The minimum absolute atomic E-state index is 0.279. The largest absolute Gasteiger partial charge is 0.481 e. The number of unbranched alkanes of at least 4 members (excludes halogenated alkanes) is 2. The summed E-state index contributed by atoms with van der Waals surface area (Å²) in [5, 5.41) is 17.4. The highest BCUT2D eigenvalue weighted by molar-refractivity contribution is 5.67. The zero-order valence-corrected chi connectivity index (χ0v) is 9.90. The molecule has 1 aliphatic heterocycles. The Morgan fingerprint density at radius 1 is 1.31 bits per heavy atom. The van der Waals surface area contributed by atoms with E-state index in [9.17, 15) is 4.79 Å². The van der Waals surface area contributed by atoms with E-state index in [0.717, 1.165) is 51.7 Å². The lowest BCUT2D eigenvalue weighted by atomic mass is 9.95. The van der Waals surface area contributed by atoms with Gasteiger partial charge in [0.25, 0.3) is 0 Å². The molecule has 0 aromatic carbocycles. The number of carbonyl (C=O) groups is 1. The summed E-state index contributed by atoms with van der Waals surface area (Å²) in [5.41, 5.74) is 0. The number of piperidine rings is 1. The summed E-state index contributed by atoms with van der Waals surface area (Å²) in [6.45, 7) is 3.37. The molecular formula is C12H23NO3. The van der Waals surface area contributed by atoms with Crippen LogP contribution in [0.5, 0.6) is 0 Å². The van der Waals surface area contributed by atoms with Crippen LogP contribution in [0.2, 0.25) is 0 Å². The lowest BCUT2D eigenvalue weighted by Gasteiger charge is -2.32. The fourth-order valence-electron chi connectivity index (χ4n) is 2.39. The van der Waals surface area contributed by atoms with E-state index in [4.69, 9.17) is 10.2 Å². The first kappa shape index (κ1) is 13.5. The molecule has 0 spiro atoms. The molecule has 0 amide bonds. The molecule has 1 saturated heterocycles. The zero-order chi connectivity index (χ0) is 11.8. The molecule has 4 nitrogen and oxygen atoms in total. The Labute approximate surface area is 97.3 Å². The molecule has 1 fully saturated rings. The highest BCUT2D eigenvalue weighted by atomic mass is 16.4. The number of rotatable bonds is 7. The van der Waals surface area contributed by atoms with Crippen LogP contribution in [-0.2, 0) is 4.79 Å². The Morgan fingerprint density at radius 3 is 2.81 bits per heavy atom. The first-order valence-corrected chi connectivity index (χ1v) is 6.27. The number of aliphatic hydroxyl groups is 1. The maximum absolute atomic E-state index is 10.6. The molecule has 0 aliphatic carbocycles. The highest BCUT2D eigenvalue weighted by Crippen LogP contribution is 2.19. The molecule has 1 aliphatic rings. The van der Waals surface area contributed by atoms with Gasteiger partial charge in [-0.05, 0) is 51.1 Å². The molecule has 1 unspecified atom stereocenters. The van der Waals surface area contributed by atoms with Gasteiger partial charge in [0.05, 0.1) is 0 Å². The smallest absolute Gasteiger partial charge is 0.303 e. The van der Waals surface area contributed by atoms with Gasteiger partial charge < -0.3 is 15.1 Å². The third-order valence-electron chi connectivity index (χ3n) is 3.20. The monoisotopic (exact) mass is 229 g/mol. The summed E-state index contributed by atoms with van der Waals surface area (Å²) in [6.07, 6.45) is 5.55. The standard InChI is InChI=1S/C12H23NO3/c14-8-3-1-2-6-13-7-4-5-11(10-13)9-12(15)16/h11,14H,1-10H2,(H,15,16). The predicted octanol–water partition coefficient (Wildman–Crippen LogP) is 1.34. The van der Waals surface area contributed by atoms with Gasteiger partial charge >= 0.3 is 5.97 Å². The van der Waals surface area contributed by atoms with Crippen LogP contribution in [0.15, 0.2) is 0 Å². The average molecular weight is 229 g/mol. The van der Waals surface area contributed by atoms with Gasteiger partial charge in [0.1, 0.15) is 0 Å². The van der Waals surface area contributed by atoms with E-state index >= 15 is 0 Å². The first-order chi connectivity index (χ1) is 7.72. The van der Waals surface area contributed by atoms with E-state index in [1.165, 1.54) is 0 Å². The predicted molar refractivity (Wildman–Crippen MR) is 62.4 cm³/mol. The van der Waals surface area contributed by atoms with Crippen LogP contribution in [0, 0.1) is 5.92 Å². The zero-order valence-electron chi connectivity index (χ0n) is 9.90. The Morgan fingerprint density at radius 2 is 2.12 bits per heavy atom. The Bertz CT molecular complexity index is 208. The maximum Gasteiger partial charge on any atom is 0.303 e. The number of aliphatic hydroxyl groups excluding tert-OH is 1. The Hall–Kier alpha value is -0.610. The second-order valence-electron chi connectivity index (χ2n) is 4.69. The molecule has 0 aromatic rings. The van der Waals surface area contributed by atoms with Crippen molar-refractivity contribution >= 4 is 5.97 Å². The summed E-state index contributed by atoms with van der Waals surface area (Å²) in [7, 11) is 0. The van der Waals surface area contributed by atoms with Crippen LogP contribution >= 0.6 is 0 Å². The molecule has 0 bridgehead atoms. The number of hydrogen-bond donors (Lipinski definition) is 2. The van der Waals surface area contributed by atoms with E-state index < -0.39 is 5.97 Å². The molecule has 16 heavy (non-hydrogen) atoms. The molecule has 4 heteroatoms. The van der Waals surface area contributed by atoms with E-state index in [2.05, 4.69) is 4.90 Å². The maximum atomic E-state index is 10.6. The number of carboxylic acid groups (broad SMARTS) is 1. The second-order valence-corrected chi connectivity index (χ2v) is 4.69. The third-order valence-corrected chi connectivity index (χ3v) is 3.20. The Kier molecular flexibility index (Phi) is 6.42. The molecule has 1 rings (SSSR count). The fraction of sp³-hybridized carbons (Fsp3) is 0.917. The van der Waals surface area contributed by atoms with Crippen LogP contribution < -0.4 is 0 Å². The SMILES string of the molecule is O=C(O)CC1CCCN(CCCCCO)C1. The van der Waals surface area contributed by atoms with Gasteiger partial charge in [-0.3, -0.25) is 4.79 Å². The summed E-state index contributed by atoms with van der Waals surface area (Å²) >= 11 is 0. The van der Waals surface area contributed by atoms with E-state index in [1.54, 1.807) is 0 Å². The molecule has 2 N–H and O–H groups in total. The lowest BCUT2D eigenvalue weighted by Crippen LogP contribution is -2.36. The minimum atomic E-state index is -0.674. The van der Waals surface area contributed by atoms with Crippen molar-refractivity contribution in [1.82, 2.24) is 4.90 Å². The summed E-state index contributed by atoms with van der Waals surface area (Å²) < 4.78 is 0. The highest BCUT2D eigenvalue weighted by Gasteiger charge is 2.21. The molecule has 1 heterocycles. The van der Waals surface area contributed by atoms with E-state index in [0.29, 0.717) is 12.3 Å². The number of carboxylic acids is 1. The van der Waals surface area contributed by atoms with Crippen LogP contribution in [0.1, 0.15) is 38.5 Å². The van der Waals surface area contributed by atoms with Crippen molar-refractivity contribution < 1.29 is 15.0 Å². The van der Waals surface area contributed by atoms with Crippen molar-refractivity contribution in [3.8, 4) is 0 Å². The molecule has 0 radical (unpaired) electrons. The third kappa shape index (κ3) is 5.47. The molecule has 1 atom stereocenters. The van der Waals surface area contributed by atoms with Gasteiger partial charge in [-0.2, -0.15) is 0 Å². The van der Waals surface area contributed by atoms with Gasteiger partial charge in [0.2, 0.25) is 0 Å². The number of likely N-dealkylation sites (tertiary alicyclic amines) is 1. The fourth-order valence-corrected chi connectivity index (χ4v) is 2.39. The number of nitrogens with zero attached hydrogens (tertiary/aromatic N) is 1. The minimum Gasteiger partial charge on any atom is -0.481 e. The number of hydrogen-bond acceptors (Lipinski definition) is 3. The number of aliphatic carboxylic acids is 1. The van der Waals surface area contributed by atoms with Crippen molar-refractivity contribution in [2.45, 2.75) is 38.5 Å². The lowest BCUT2D eigenvalue weighted by molar-refractivity contribution is -0.138. The van der Waals surface area contributed by atoms with Crippen LogP contribution in [-0.4, -0.2) is 47.3 Å². The van der Waals surface area contributed by atoms with Gasteiger partial charge in [-0.25, -0.2) is 0 Å². The quantitative estimate of drug-likeness (QED) is 0.647. The normalized spacial score (nSPS) is 22.2. The summed E-state index contributed by atoms with van der Waals surface area (Å²) in [4.78, 5) is 13.0. The van der Waals surface area contributed by atoms with Gasteiger partial charge in [-0.15, -0.1) is 0 Å². The van der Waals surface area contributed by atoms with E-state index in [-0.39, 0.29) is 6.61 Å².